The van der Waals surface area contributed by atoms with Gasteiger partial charge in [0.2, 0.25) is 5.28 Å². The maximum absolute atomic E-state index is 5.82. The van der Waals surface area contributed by atoms with E-state index in [-0.39, 0.29) is 5.28 Å². The van der Waals surface area contributed by atoms with Crippen LogP contribution >= 0.6 is 11.6 Å². The van der Waals surface area contributed by atoms with Crippen molar-refractivity contribution in [2.24, 2.45) is 0 Å². The highest BCUT2D eigenvalue weighted by Gasteiger charge is 2.01. The molecule has 0 bridgehead atoms. The van der Waals surface area contributed by atoms with E-state index in [4.69, 9.17) is 11.6 Å². The molecule has 5 nitrogen and oxygen atoms in total. The normalized spacial score (nSPS) is 10.8. The SMILES string of the molecule is Cc1cc(NCc2ccc3[nH]ncc3c2)nc(Cl)n1. The maximum atomic E-state index is 5.82. The number of aryl methyl sites for hydroxylation is 1. The van der Waals surface area contributed by atoms with E-state index in [1.54, 1.807) is 0 Å². The molecule has 2 heterocycles. The van der Waals surface area contributed by atoms with Gasteiger partial charge in [0, 0.05) is 23.7 Å². The summed E-state index contributed by atoms with van der Waals surface area (Å²) in [4.78, 5) is 8.15. The van der Waals surface area contributed by atoms with Gasteiger partial charge < -0.3 is 5.32 Å². The molecular formula is C13H12ClN5. The Labute approximate surface area is 115 Å². The van der Waals surface area contributed by atoms with Gasteiger partial charge in [-0.05, 0) is 36.2 Å². The molecule has 0 saturated carbocycles. The first-order chi connectivity index (χ1) is 9.20. The second-order valence-corrected chi connectivity index (χ2v) is 4.65. The molecule has 19 heavy (non-hydrogen) atoms. The van der Waals surface area contributed by atoms with Crippen LogP contribution in [0.4, 0.5) is 5.82 Å². The van der Waals surface area contributed by atoms with Crippen molar-refractivity contribution in [1.29, 1.82) is 0 Å². The number of hydrogen-bond donors (Lipinski definition) is 2. The van der Waals surface area contributed by atoms with Gasteiger partial charge in [-0.3, -0.25) is 5.10 Å². The molecule has 0 aliphatic carbocycles. The smallest absolute Gasteiger partial charge is 0.224 e. The quantitative estimate of drug-likeness (QED) is 0.720. The highest BCUT2D eigenvalue weighted by atomic mass is 35.5. The Hall–Kier alpha value is -2.14. The van der Waals surface area contributed by atoms with Crippen LogP contribution in [-0.4, -0.2) is 20.2 Å². The number of H-pyrrole nitrogens is 1. The van der Waals surface area contributed by atoms with Gasteiger partial charge in [-0.25, -0.2) is 9.97 Å². The molecule has 0 fully saturated rings. The van der Waals surface area contributed by atoms with E-state index in [9.17, 15) is 0 Å². The lowest BCUT2D eigenvalue weighted by Gasteiger charge is -2.06. The molecule has 0 aliphatic heterocycles. The summed E-state index contributed by atoms with van der Waals surface area (Å²) < 4.78 is 0. The fraction of sp³-hybridized carbons (Fsp3) is 0.154. The molecule has 0 saturated heterocycles. The summed E-state index contributed by atoms with van der Waals surface area (Å²) >= 11 is 5.82. The monoisotopic (exact) mass is 273 g/mol. The number of aromatic amines is 1. The van der Waals surface area contributed by atoms with Crippen molar-refractivity contribution < 1.29 is 0 Å². The van der Waals surface area contributed by atoms with Crippen molar-refractivity contribution in [2.75, 3.05) is 5.32 Å². The average molecular weight is 274 g/mol. The minimum Gasteiger partial charge on any atom is -0.366 e. The zero-order valence-corrected chi connectivity index (χ0v) is 11.1. The summed E-state index contributed by atoms with van der Waals surface area (Å²) in [6, 6.07) is 8.00. The van der Waals surface area contributed by atoms with Crippen molar-refractivity contribution in [3.63, 3.8) is 0 Å². The number of benzene rings is 1. The predicted octanol–water partition coefficient (Wildman–Crippen LogP) is 2.93. The summed E-state index contributed by atoms with van der Waals surface area (Å²) in [6.45, 7) is 2.56. The highest BCUT2D eigenvalue weighted by molar-refractivity contribution is 6.28. The van der Waals surface area contributed by atoms with E-state index in [2.05, 4.69) is 31.5 Å². The molecule has 0 radical (unpaired) electrons. The number of fused-ring (bicyclic) bond motifs is 1. The van der Waals surface area contributed by atoms with E-state index in [0.717, 1.165) is 28.0 Å². The van der Waals surface area contributed by atoms with Crippen LogP contribution in [0.5, 0.6) is 0 Å². The van der Waals surface area contributed by atoms with Crippen molar-refractivity contribution >= 4 is 28.3 Å². The molecule has 2 N–H and O–H groups in total. The minimum atomic E-state index is 0.257. The molecule has 0 spiro atoms. The minimum absolute atomic E-state index is 0.257. The van der Waals surface area contributed by atoms with Crippen molar-refractivity contribution in [3.05, 3.63) is 47.0 Å². The van der Waals surface area contributed by atoms with Crippen LogP contribution in [0, 0.1) is 6.92 Å². The van der Waals surface area contributed by atoms with E-state index >= 15 is 0 Å². The Morgan fingerprint density at radius 1 is 1.26 bits per heavy atom. The zero-order valence-electron chi connectivity index (χ0n) is 10.3. The van der Waals surface area contributed by atoms with Crippen LogP contribution in [0.25, 0.3) is 10.9 Å². The second kappa shape index (κ2) is 4.85. The van der Waals surface area contributed by atoms with E-state index in [0.29, 0.717) is 6.54 Å². The Kier molecular flexibility index (Phi) is 3.05. The number of hydrogen-bond acceptors (Lipinski definition) is 4. The lowest BCUT2D eigenvalue weighted by Crippen LogP contribution is -2.02. The van der Waals surface area contributed by atoms with Crippen LogP contribution in [0.3, 0.4) is 0 Å². The second-order valence-electron chi connectivity index (χ2n) is 4.31. The van der Waals surface area contributed by atoms with Crippen LogP contribution in [-0.2, 0) is 6.54 Å². The lowest BCUT2D eigenvalue weighted by molar-refractivity contribution is 1.06. The summed E-state index contributed by atoms with van der Waals surface area (Å²) in [7, 11) is 0. The third kappa shape index (κ3) is 2.66. The predicted molar refractivity (Wildman–Crippen MR) is 75.2 cm³/mol. The molecule has 3 rings (SSSR count). The number of halogens is 1. The fourth-order valence-corrected chi connectivity index (χ4v) is 2.14. The molecule has 0 unspecified atom stereocenters. The summed E-state index contributed by atoms with van der Waals surface area (Å²) in [5, 5.41) is 11.5. The standard InChI is InChI=1S/C13H12ClN5/c1-8-4-12(18-13(14)17-8)15-6-9-2-3-11-10(5-9)7-16-19-11/h2-5,7H,6H2,1H3,(H,16,19)(H,15,17,18). The number of nitrogens with zero attached hydrogens (tertiary/aromatic N) is 3. The highest BCUT2D eigenvalue weighted by Crippen LogP contribution is 2.15. The Morgan fingerprint density at radius 2 is 2.16 bits per heavy atom. The van der Waals surface area contributed by atoms with Gasteiger partial charge >= 0.3 is 0 Å². The Bertz CT molecular complexity index is 702. The van der Waals surface area contributed by atoms with Crippen molar-refractivity contribution in [3.8, 4) is 0 Å². The van der Waals surface area contributed by atoms with Gasteiger partial charge in [-0.15, -0.1) is 0 Å². The van der Waals surface area contributed by atoms with E-state index in [1.807, 2.05) is 31.3 Å². The molecule has 6 heteroatoms. The Morgan fingerprint density at radius 3 is 3.00 bits per heavy atom. The van der Waals surface area contributed by atoms with Gasteiger partial charge in [0.05, 0.1) is 11.7 Å². The first-order valence-electron chi connectivity index (χ1n) is 5.88. The zero-order chi connectivity index (χ0) is 13.2. The fourth-order valence-electron chi connectivity index (χ4n) is 1.92. The number of nitrogens with one attached hydrogen (secondary N) is 2. The summed E-state index contributed by atoms with van der Waals surface area (Å²) in [6.07, 6.45) is 1.81. The molecule has 3 aromatic rings. The van der Waals surface area contributed by atoms with Crippen LogP contribution in [0.1, 0.15) is 11.3 Å². The molecule has 2 aromatic heterocycles. The van der Waals surface area contributed by atoms with Crippen LogP contribution in [0.2, 0.25) is 5.28 Å². The van der Waals surface area contributed by atoms with Crippen molar-refractivity contribution in [1.82, 2.24) is 20.2 Å². The van der Waals surface area contributed by atoms with Crippen LogP contribution < -0.4 is 5.32 Å². The molecule has 0 aliphatic rings. The number of anilines is 1. The molecular weight excluding hydrogens is 262 g/mol. The largest absolute Gasteiger partial charge is 0.366 e. The first kappa shape index (κ1) is 11.9. The molecule has 0 amide bonds. The lowest BCUT2D eigenvalue weighted by atomic mass is 10.1. The van der Waals surface area contributed by atoms with Gasteiger partial charge in [-0.2, -0.15) is 5.10 Å². The van der Waals surface area contributed by atoms with Crippen molar-refractivity contribution in [2.45, 2.75) is 13.5 Å². The Balaban J connectivity index is 1.77. The van der Waals surface area contributed by atoms with E-state index in [1.165, 1.54) is 0 Å². The topological polar surface area (TPSA) is 66.5 Å². The summed E-state index contributed by atoms with van der Waals surface area (Å²) in [5.74, 6) is 0.727. The molecule has 0 atom stereocenters. The summed E-state index contributed by atoms with van der Waals surface area (Å²) in [5.41, 5.74) is 3.03. The van der Waals surface area contributed by atoms with Gasteiger partial charge in [0.25, 0.3) is 0 Å². The third-order valence-electron chi connectivity index (χ3n) is 2.81. The van der Waals surface area contributed by atoms with Gasteiger partial charge in [0.1, 0.15) is 5.82 Å². The van der Waals surface area contributed by atoms with E-state index < -0.39 is 0 Å². The molecule has 96 valence electrons. The molecule has 1 aromatic carbocycles. The number of aromatic nitrogens is 4. The number of rotatable bonds is 3. The first-order valence-corrected chi connectivity index (χ1v) is 6.25. The van der Waals surface area contributed by atoms with Gasteiger partial charge in [0.15, 0.2) is 0 Å². The average Bonchev–Trinajstić information content (AvgIpc) is 2.82. The van der Waals surface area contributed by atoms with Gasteiger partial charge in [-0.1, -0.05) is 6.07 Å². The van der Waals surface area contributed by atoms with Crippen LogP contribution in [0.15, 0.2) is 30.5 Å². The third-order valence-corrected chi connectivity index (χ3v) is 2.97. The maximum Gasteiger partial charge on any atom is 0.224 e.